The maximum atomic E-state index is 7.85. The molecule has 0 aliphatic carbocycles. The molecule has 20 heavy (non-hydrogen) atoms. The molecule has 0 saturated heterocycles. The quantitative estimate of drug-likeness (QED) is 0.644. The summed E-state index contributed by atoms with van der Waals surface area (Å²) < 4.78 is 5.09. The van der Waals surface area contributed by atoms with E-state index in [-0.39, 0.29) is 0 Å². The lowest BCUT2D eigenvalue weighted by atomic mass is 10.2. The van der Waals surface area contributed by atoms with Gasteiger partial charge < -0.3 is 10.1 Å². The Morgan fingerprint density at radius 2 is 1.75 bits per heavy atom. The van der Waals surface area contributed by atoms with Gasteiger partial charge in [-0.1, -0.05) is 29.8 Å². The van der Waals surface area contributed by atoms with Crippen LogP contribution in [-0.2, 0) is 0 Å². The predicted molar refractivity (Wildman–Crippen MR) is 84.8 cm³/mol. The lowest BCUT2D eigenvalue weighted by Gasteiger charge is -2.04. The van der Waals surface area contributed by atoms with E-state index < -0.39 is 0 Å². The van der Waals surface area contributed by atoms with Crippen LogP contribution >= 0.6 is 11.6 Å². The van der Waals surface area contributed by atoms with Gasteiger partial charge in [-0.05, 0) is 48.0 Å². The third-order valence-corrected chi connectivity index (χ3v) is 2.93. The molecule has 0 saturated carbocycles. The van der Waals surface area contributed by atoms with Crippen LogP contribution in [0.2, 0.25) is 5.02 Å². The van der Waals surface area contributed by atoms with Crippen LogP contribution in [0.25, 0.3) is 6.08 Å². The molecule has 0 atom stereocenters. The van der Waals surface area contributed by atoms with Crippen molar-refractivity contribution >= 4 is 29.2 Å². The minimum atomic E-state index is 0.308. The largest absolute Gasteiger partial charge is 0.497 e. The first kappa shape index (κ1) is 14.2. The fourth-order valence-electron chi connectivity index (χ4n) is 1.62. The molecule has 3 nitrogen and oxygen atoms in total. The van der Waals surface area contributed by atoms with Gasteiger partial charge in [-0.25, -0.2) is 0 Å². The number of rotatable bonds is 4. The van der Waals surface area contributed by atoms with Gasteiger partial charge in [0, 0.05) is 10.7 Å². The van der Waals surface area contributed by atoms with Crippen LogP contribution in [0.3, 0.4) is 0 Å². The highest BCUT2D eigenvalue weighted by Crippen LogP contribution is 2.14. The first-order valence-corrected chi connectivity index (χ1v) is 6.48. The molecular weight excluding hydrogens is 272 g/mol. The van der Waals surface area contributed by atoms with Gasteiger partial charge in [-0.3, -0.25) is 5.41 Å². The van der Waals surface area contributed by atoms with E-state index >= 15 is 0 Å². The summed E-state index contributed by atoms with van der Waals surface area (Å²) in [5, 5.41) is 11.5. The molecule has 0 aliphatic heterocycles. The molecule has 0 amide bonds. The van der Waals surface area contributed by atoms with Crippen molar-refractivity contribution in [2.45, 2.75) is 0 Å². The Balaban J connectivity index is 1.96. The van der Waals surface area contributed by atoms with E-state index in [1.54, 1.807) is 25.3 Å². The molecule has 0 spiro atoms. The molecule has 102 valence electrons. The number of hydrogen-bond donors (Lipinski definition) is 2. The molecule has 2 aromatic rings. The second-order valence-corrected chi connectivity index (χ2v) is 4.59. The number of methoxy groups -OCH3 is 1. The Morgan fingerprint density at radius 3 is 2.35 bits per heavy atom. The summed E-state index contributed by atoms with van der Waals surface area (Å²) in [6, 6.07) is 14.9. The van der Waals surface area contributed by atoms with E-state index in [1.807, 2.05) is 42.5 Å². The number of benzene rings is 2. The molecule has 2 aromatic carbocycles. The maximum absolute atomic E-state index is 7.85. The van der Waals surface area contributed by atoms with Crippen molar-refractivity contribution < 1.29 is 4.74 Å². The lowest BCUT2D eigenvalue weighted by Crippen LogP contribution is -2.06. The van der Waals surface area contributed by atoms with Crippen LogP contribution in [0.4, 0.5) is 5.69 Å². The fourth-order valence-corrected chi connectivity index (χ4v) is 1.75. The van der Waals surface area contributed by atoms with Gasteiger partial charge in [-0.2, -0.15) is 0 Å². The summed E-state index contributed by atoms with van der Waals surface area (Å²) in [7, 11) is 1.64. The Morgan fingerprint density at radius 1 is 1.10 bits per heavy atom. The summed E-state index contributed by atoms with van der Waals surface area (Å²) in [6.45, 7) is 0. The summed E-state index contributed by atoms with van der Waals surface area (Å²) in [4.78, 5) is 0. The smallest absolute Gasteiger partial charge is 0.122 e. The molecule has 2 N–H and O–H groups in total. The second-order valence-electron chi connectivity index (χ2n) is 4.15. The first-order chi connectivity index (χ1) is 9.67. The van der Waals surface area contributed by atoms with E-state index in [0.29, 0.717) is 10.9 Å². The molecule has 4 heteroatoms. The molecule has 2 rings (SSSR count). The van der Waals surface area contributed by atoms with Gasteiger partial charge >= 0.3 is 0 Å². The summed E-state index contributed by atoms with van der Waals surface area (Å²) in [6.07, 6.45) is 3.57. The van der Waals surface area contributed by atoms with E-state index in [9.17, 15) is 0 Å². The van der Waals surface area contributed by atoms with Crippen LogP contribution in [0.1, 0.15) is 5.56 Å². The van der Waals surface area contributed by atoms with Crippen molar-refractivity contribution in [1.29, 1.82) is 5.41 Å². The monoisotopic (exact) mass is 286 g/mol. The Bertz CT molecular complexity index is 603. The summed E-state index contributed by atoms with van der Waals surface area (Å²) in [5.41, 5.74) is 1.84. The van der Waals surface area contributed by atoms with Crippen molar-refractivity contribution in [3.05, 3.63) is 65.2 Å². The zero-order chi connectivity index (χ0) is 14.4. The van der Waals surface area contributed by atoms with Crippen LogP contribution in [0.15, 0.2) is 54.6 Å². The van der Waals surface area contributed by atoms with E-state index in [4.69, 9.17) is 21.7 Å². The zero-order valence-electron chi connectivity index (χ0n) is 11.1. The zero-order valence-corrected chi connectivity index (χ0v) is 11.8. The highest BCUT2D eigenvalue weighted by atomic mass is 35.5. The minimum Gasteiger partial charge on any atom is -0.497 e. The molecular formula is C16H15ClN2O. The van der Waals surface area contributed by atoms with E-state index in [2.05, 4.69) is 5.32 Å². The summed E-state index contributed by atoms with van der Waals surface area (Å²) in [5.74, 6) is 1.12. The highest BCUT2D eigenvalue weighted by molar-refractivity contribution is 6.30. The highest BCUT2D eigenvalue weighted by Gasteiger charge is 1.95. The van der Waals surface area contributed by atoms with Gasteiger partial charge in [0.25, 0.3) is 0 Å². The average Bonchev–Trinajstić information content (AvgIpc) is 2.48. The van der Waals surface area contributed by atoms with Crippen LogP contribution in [0, 0.1) is 5.41 Å². The third kappa shape index (κ3) is 4.14. The minimum absolute atomic E-state index is 0.308. The number of amidine groups is 1. The van der Waals surface area contributed by atoms with Gasteiger partial charge in [0.05, 0.1) is 7.11 Å². The molecule has 0 aliphatic rings. The fraction of sp³-hybridized carbons (Fsp3) is 0.0625. The molecule has 0 radical (unpaired) electrons. The second kappa shape index (κ2) is 6.78. The van der Waals surface area contributed by atoms with Gasteiger partial charge in [0.1, 0.15) is 11.6 Å². The Labute approximate surface area is 123 Å². The standard InChI is InChI=1S/C16H15ClN2O/c1-20-15-9-2-12(3-10-15)4-11-16(18)19-14-7-5-13(17)6-8-14/h2-11H,1H3,(H2,18,19)/b11-4+. The van der Waals surface area contributed by atoms with Crippen molar-refractivity contribution in [2.75, 3.05) is 12.4 Å². The third-order valence-electron chi connectivity index (χ3n) is 2.68. The van der Waals surface area contributed by atoms with Gasteiger partial charge in [0.15, 0.2) is 0 Å². The Kier molecular flexibility index (Phi) is 4.80. The number of halogens is 1. The predicted octanol–water partition coefficient (Wildman–Crippen LogP) is 4.45. The summed E-state index contributed by atoms with van der Waals surface area (Å²) >= 11 is 5.81. The molecule has 0 heterocycles. The first-order valence-electron chi connectivity index (χ1n) is 6.10. The maximum Gasteiger partial charge on any atom is 0.122 e. The molecule has 0 bridgehead atoms. The van der Waals surface area contributed by atoms with E-state index in [0.717, 1.165) is 17.0 Å². The number of hydrogen-bond acceptors (Lipinski definition) is 2. The van der Waals surface area contributed by atoms with Crippen LogP contribution < -0.4 is 10.1 Å². The lowest BCUT2D eigenvalue weighted by molar-refractivity contribution is 0.415. The number of ether oxygens (including phenoxy) is 1. The molecule has 0 fully saturated rings. The van der Waals surface area contributed by atoms with Gasteiger partial charge in [-0.15, -0.1) is 0 Å². The molecule has 0 aromatic heterocycles. The van der Waals surface area contributed by atoms with Gasteiger partial charge in [0.2, 0.25) is 0 Å². The van der Waals surface area contributed by atoms with Crippen molar-refractivity contribution in [3.8, 4) is 5.75 Å². The average molecular weight is 287 g/mol. The van der Waals surface area contributed by atoms with Crippen molar-refractivity contribution in [2.24, 2.45) is 0 Å². The van der Waals surface area contributed by atoms with Crippen molar-refractivity contribution in [3.63, 3.8) is 0 Å². The van der Waals surface area contributed by atoms with Crippen LogP contribution in [-0.4, -0.2) is 12.9 Å². The molecule has 0 unspecified atom stereocenters. The Hall–Kier alpha value is -2.26. The normalized spacial score (nSPS) is 10.5. The number of anilines is 1. The van der Waals surface area contributed by atoms with Crippen LogP contribution in [0.5, 0.6) is 5.75 Å². The SMILES string of the molecule is COc1ccc(/C=C/C(=N)Nc2ccc(Cl)cc2)cc1. The number of nitrogens with one attached hydrogen (secondary N) is 2. The van der Waals surface area contributed by atoms with Crippen molar-refractivity contribution in [1.82, 2.24) is 0 Å². The van der Waals surface area contributed by atoms with E-state index in [1.165, 1.54) is 0 Å². The topological polar surface area (TPSA) is 45.1 Å².